The van der Waals surface area contributed by atoms with Crippen molar-refractivity contribution in [3.8, 4) is 0 Å². The maximum absolute atomic E-state index is 12.1. The number of carbonyl (C=O) groups excluding carboxylic acids is 1. The first-order chi connectivity index (χ1) is 9.20. The number of halogens is 1. The molecule has 6 heteroatoms. The van der Waals surface area contributed by atoms with Gasteiger partial charge in [-0.1, -0.05) is 17.7 Å². The van der Waals surface area contributed by atoms with E-state index in [4.69, 9.17) is 25.8 Å². The van der Waals surface area contributed by atoms with E-state index in [0.29, 0.717) is 10.6 Å². The first-order valence-electron chi connectivity index (χ1n) is 6.20. The van der Waals surface area contributed by atoms with Gasteiger partial charge in [0.2, 0.25) is 6.29 Å². The van der Waals surface area contributed by atoms with Crippen molar-refractivity contribution in [1.82, 2.24) is 0 Å². The minimum absolute atomic E-state index is 0.00743. The molecule has 1 heterocycles. The Kier molecular flexibility index (Phi) is 4.07. The molecule has 1 aliphatic heterocycles. The number of benzene rings is 1. The van der Waals surface area contributed by atoms with Gasteiger partial charge in [-0.2, -0.15) is 0 Å². The Balaban J connectivity index is 2.13. The van der Waals surface area contributed by atoms with Crippen molar-refractivity contribution in [3.63, 3.8) is 0 Å². The molecular weight excluding hydrogens is 284 g/mol. The van der Waals surface area contributed by atoms with Gasteiger partial charge in [-0.05, 0) is 39.0 Å². The van der Waals surface area contributed by atoms with Crippen LogP contribution >= 0.6 is 11.6 Å². The summed E-state index contributed by atoms with van der Waals surface area (Å²) in [5.41, 5.74) is -1.12. The fraction of sp³-hybridized carbons (Fsp3) is 0.500. The normalized spacial score (nSPS) is 28.9. The van der Waals surface area contributed by atoms with Gasteiger partial charge in [-0.15, -0.1) is 0 Å². The summed E-state index contributed by atoms with van der Waals surface area (Å²) in [5.74, 6) is -1.54. The van der Waals surface area contributed by atoms with E-state index < -0.39 is 23.6 Å². The third kappa shape index (κ3) is 3.49. The van der Waals surface area contributed by atoms with Crippen LogP contribution in [0.5, 0.6) is 0 Å². The average molecular weight is 301 g/mol. The predicted octanol–water partition coefficient (Wildman–Crippen LogP) is 2.36. The average Bonchev–Trinajstić information content (AvgIpc) is 2.34. The highest BCUT2D eigenvalue weighted by Gasteiger charge is 2.46. The second-order valence-corrected chi connectivity index (χ2v) is 5.85. The van der Waals surface area contributed by atoms with Crippen molar-refractivity contribution in [2.45, 2.75) is 38.4 Å². The number of esters is 1. The molecule has 0 bridgehead atoms. The number of hydrogen-bond acceptors (Lipinski definition) is 5. The van der Waals surface area contributed by atoms with Crippen LogP contribution in [0.25, 0.3) is 0 Å². The second-order valence-electron chi connectivity index (χ2n) is 5.41. The van der Waals surface area contributed by atoms with Gasteiger partial charge < -0.3 is 19.3 Å². The molecule has 0 spiro atoms. The minimum Gasteiger partial charge on any atom is -0.429 e. The molecule has 1 N–H and O–H groups in total. The van der Waals surface area contributed by atoms with Crippen LogP contribution in [0.1, 0.15) is 31.1 Å². The minimum atomic E-state index is -1.41. The standard InChI is InChI=1S/C14H17ClO5/c1-13(2)18-8-14(3,17)12(20-13)19-11(16)9-5-4-6-10(15)7-9/h4-7,12,17H,8H2,1-3H3. The Hall–Kier alpha value is -1.14. The molecule has 0 aliphatic carbocycles. The lowest BCUT2D eigenvalue weighted by molar-refractivity contribution is -0.374. The largest absolute Gasteiger partial charge is 0.429 e. The van der Waals surface area contributed by atoms with Crippen molar-refractivity contribution >= 4 is 17.6 Å². The molecule has 5 nitrogen and oxygen atoms in total. The fourth-order valence-electron chi connectivity index (χ4n) is 1.74. The predicted molar refractivity (Wildman–Crippen MR) is 72.4 cm³/mol. The van der Waals surface area contributed by atoms with Crippen molar-refractivity contribution in [2.24, 2.45) is 0 Å². The van der Waals surface area contributed by atoms with Crippen molar-refractivity contribution < 1.29 is 24.1 Å². The zero-order valence-corrected chi connectivity index (χ0v) is 12.3. The number of rotatable bonds is 2. The topological polar surface area (TPSA) is 65.0 Å². The molecule has 20 heavy (non-hydrogen) atoms. The Labute approximate surface area is 122 Å². The van der Waals surface area contributed by atoms with Crippen LogP contribution in [0.2, 0.25) is 5.02 Å². The van der Waals surface area contributed by atoms with E-state index in [-0.39, 0.29) is 6.61 Å². The summed E-state index contributed by atoms with van der Waals surface area (Å²) in [4.78, 5) is 12.1. The first-order valence-corrected chi connectivity index (χ1v) is 6.58. The quantitative estimate of drug-likeness (QED) is 0.849. The Morgan fingerprint density at radius 2 is 2.15 bits per heavy atom. The summed E-state index contributed by atoms with van der Waals surface area (Å²) in [7, 11) is 0. The lowest BCUT2D eigenvalue weighted by Gasteiger charge is -2.43. The van der Waals surface area contributed by atoms with Crippen LogP contribution in [0.4, 0.5) is 0 Å². The molecule has 110 valence electrons. The summed E-state index contributed by atoms with van der Waals surface area (Å²) < 4.78 is 16.0. The number of ether oxygens (including phenoxy) is 3. The van der Waals surface area contributed by atoms with Gasteiger partial charge in [0.1, 0.15) is 5.60 Å². The maximum Gasteiger partial charge on any atom is 0.340 e. The molecule has 0 aromatic heterocycles. The lowest BCUT2D eigenvalue weighted by Crippen LogP contribution is -2.57. The summed E-state index contributed by atoms with van der Waals surface area (Å²) >= 11 is 5.82. The maximum atomic E-state index is 12.1. The molecule has 1 saturated heterocycles. The molecule has 0 radical (unpaired) electrons. The van der Waals surface area contributed by atoms with E-state index in [0.717, 1.165) is 0 Å². The SMILES string of the molecule is CC1(C)OCC(C)(O)C(OC(=O)c2cccc(Cl)c2)O1. The van der Waals surface area contributed by atoms with Gasteiger partial charge in [0.25, 0.3) is 0 Å². The Morgan fingerprint density at radius 3 is 2.80 bits per heavy atom. The van der Waals surface area contributed by atoms with Gasteiger partial charge in [-0.25, -0.2) is 4.79 Å². The van der Waals surface area contributed by atoms with Crippen LogP contribution in [0.3, 0.4) is 0 Å². The molecule has 1 aliphatic rings. The summed E-state index contributed by atoms with van der Waals surface area (Å²) in [6.45, 7) is 4.86. The highest BCUT2D eigenvalue weighted by atomic mass is 35.5. The van der Waals surface area contributed by atoms with Crippen molar-refractivity contribution in [3.05, 3.63) is 34.9 Å². The molecule has 2 unspecified atom stereocenters. The van der Waals surface area contributed by atoms with Crippen molar-refractivity contribution in [1.29, 1.82) is 0 Å². The van der Waals surface area contributed by atoms with Crippen LogP contribution in [0, 0.1) is 0 Å². The zero-order chi connectivity index (χ0) is 15.0. The highest BCUT2D eigenvalue weighted by Crippen LogP contribution is 2.30. The molecular formula is C14H17ClO5. The third-order valence-corrected chi connectivity index (χ3v) is 3.12. The van der Waals surface area contributed by atoms with Crippen LogP contribution in [-0.2, 0) is 14.2 Å². The molecule has 2 rings (SSSR count). The van der Waals surface area contributed by atoms with Gasteiger partial charge in [0, 0.05) is 5.02 Å². The molecule has 1 fully saturated rings. The number of hydrogen-bond donors (Lipinski definition) is 1. The van der Waals surface area contributed by atoms with E-state index >= 15 is 0 Å². The highest BCUT2D eigenvalue weighted by molar-refractivity contribution is 6.30. The van der Waals surface area contributed by atoms with Gasteiger partial charge >= 0.3 is 5.97 Å². The summed E-state index contributed by atoms with van der Waals surface area (Å²) in [6.07, 6.45) is -1.11. The fourth-order valence-corrected chi connectivity index (χ4v) is 1.93. The van der Waals surface area contributed by atoms with Gasteiger partial charge in [0.15, 0.2) is 5.79 Å². The van der Waals surface area contributed by atoms with E-state index in [1.807, 2.05) is 0 Å². The first kappa shape index (κ1) is 15.3. The van der Waals surface area contributed by atoms with Crippen molar-refractivity contribution in [2.75, 3.05) is 6.61 Å². The van der Waals surface area contributed by atoms with Crippen LogP contribution in [0.15, 0.2) is 24.3 Å². The van der Waals surface area contributed by atoms with Crippen LogP contribution in [-0.4, -0.2) is 35.4 Å². The van der Waals surface area contributed by atoms with E-state index in [2.05, 4.69) is 0 Å². The molecule has 1 aromatic carbocycles. The van der Waals surface area contributed by atoms with E-state index in [9.17, 15) is 9.90 Å². The molecule has 0 saturated carbocycles. The Morgan fingerprint density at radius 1 is 1.45 bits per heavy atom. The van der Waals surface area contributed by atoms with Gasteiger partial charge in [0.05, 0.1) is 12.2 Å². The smallest absolute Gasteiger partial charge is 0.340 e. The molecule has 0 amide bonds. The monoisotopic (exact) mass is 300 g/mol. The Bertz CT molecular complexity index is 512. The van der Waals surface area contributed by atoms with Gasteiger partial charge in [-0.3, -0.25) is 0 Å². The third-order valence-electron chi connectivity index (χ3n) is 2.89. The van der Waals surface area contributed by atoms with E-state index in [1.165, 1.54) is 13.0 Å². The zero-order valence-electron chi connectivity index (χ0n) is 11.6. The van der Waals surface area contributed by atoms with E-state index in [1.54, 1.807) is 32.0 Å². The number of carbonyl (C=O) groups is 1. The summed E-state index contributed by atoms with van der Waals surface area (Å²) in [5, 5.41) is 10.6. The summed E-state index contributed by atoms with van der Waals surface area (Å²) in [6, 6.07) is 6.37. The molecule has 2 atom stereocenters. The van der Waals surface area contributed by atoms with Crippen LogP contribution < -0.4 is 0 Å². The lowest BCUT2D eigenvalue weighted by atomic mass is 10.1. The molecule has 1 aromatic rings. The second kappa shape index (κ2) is 5.33. The number of aliphatic hydroxyl groups is 1.